The van der Waals surface area contributed by atoms with Gasteiger partial charge in [0, 0.05) is 35.1 Å². The lowest BCUT2D eigenvalue weighted by molar-refractivity contribution is 1.23. The first-order chi connectivity index (χ1) is 20.8. The van der Waals surface area contributed by atoms with Crippen molar-refractivity contribution in [1.82, 2.24) is 9.97 Å². The van der Waals surface area contributed by atoms with Crippen LogP contribution in [0.3, 0.4) is 0 Å². The van der Waals surface area contributed by atoms with Crippen LogP contribution < -0.4 is 9.80 Å². The lowest BCUT2D eigenvalue weighted by Crippen LogP contribution is -2.10. The molecule has 8 aromatic rings. The van der Waals surface area contributed by atoms with Crippen molar-refractivity contribution in [2.45, 2.75) is 0 Å². The molecule has 0 fully saturated rings. The van der Waals surface area contributed by atoms with Gasteiger partial charge in [-0.1, -0.05) is 60.7 Å². The molecule has 42 heavy (non-hydrogen) atoms. The van der Waals surface area contributed by atoms with Crippen molar-refractivity contribution in [3.05, 3.63) is 158 Å². The third-order valence-electron chi connectivity index (χ3n) is 7.86. The Bertz CT molecular complexity index is 1830. The lowest BCUT2D eigenvalue weighted by Gasteiger charge is -2.27. The molecule has 2 heterocycles. The number of rotatable bonds is 6. The molecule has 0 saturated carbocycles. The summed E-state index contributed by atoms with van der Waals surface area (Å²) in [6, 6.07) is 47.3. The van der Waals surface area contributed by atoms with Gasteiger partial charge in [-0.2, -0.15) is 0 Å². The molecule has 198 valence electrons. The zero-order valence-corrected chi connectivity index (χ0v) is 22.8. The van der Waals surface area contributed by atoms with Crippen LogP contribution in [-0.2, 0) is 0 Å². The predicted octanol–water partition coefficient (Wildman–Crippen LogP) is 10.3. The topological polar surface area (TPSA) is 32.3 Å². The molecule has 0 N–H and O–H groups in total. The van der Waals surface area contributed by atoms with Crippen LogP contribution in [0.4, 0.5) is 34.1 Å². The maximum absolute atomic E-state index is 4.41. The number of hydrogen-bond acceptors (Lipinski definition) is 4. The van der Waals surface area contributed by atoms with Crippen molar-refractivity contribution in [1.29, 1.82) is 0 Å². The molecule has 6 aromatic carbocycles. The van der Waals surface area contributed by atoms with Crippen LogP contribution >= 0.6 is 0 Å². The van der Waals surface area contributed by atoms with Gasteiger partial charge in [-0.05, 0) is 105 Å². The molecule has 0 bridgehead atoms. The number of anilines is 6. The Morgan fingerprint density at radius 2 is 0.690 bits per heavy atom. The summed E-state index contributed by atoms with van der Waals surface area (Å²) < 4.78 is 0. The van der Waals surface area contributed by atoms with Crippen LogP contribution in [0.5, 0.6) is 0 Å². The molecule has 0 radical (unpaired) electrons. The van der Waals surface area contributed by atoms with Gasteiger partial charge in [0.15, 0.2) is 0 Å². The zero-order valence-electron chi connectivity index (χ0n) is 22.8. The molecule has 0 aliphatic carbocycles. The van der Waals surface area contributed by atoms with E-state index in [4.69, 9.17) is 0 Å². The number of para-hydroxylation sites is 2. The molecular formula is C38H26N4. The molecule has 2 aromatic heterocycles. The van der Waals surface area contributed by atoms with Gasteiger partial charge < -0.3 is 9.80 Å². The van der Waals surface area contributed by atoms with E-state index in [1.165, 1.54) is 32.3 Å². The highest BCUT2D eigenvalue weighted by atomic mass is 15.2. The Hall–Kier alpha value is -5.74. The van der Waals surface area contributed by atoms with E-state index in [1.807, 2.05) is 49.1 Å². The van der Waals surface area contributed by atoms with Crippen molar-refractivity contribution < 1.29 is 0 Å². The van der Waals surface area contributed by atoms with Gasteiger partial charge in [0.2, 0.25) is 0 Å². The second-order valence-electron chi connectivity index (χ2n) is 10.4. The minimum absolute atomic E-state index is 1.03. The van der Waals surface area contributed by atoms with Gasteiger partial charge >= 0.3 is 0 Å². The quantitative estimate of drug-likeness (QED) is 0.197. The Morgan fingerprint density at radius 3 is 1.02 bits per heavy atom. The first kappa shape index (κ1) is 24.1. The Morgan fingerprint density at radius 1 is 0.333 bits per heavy atom. The van der Waals surface area contributed by atoms with Gasteiger partial charge in [-0.25, -0.2) is 0 Å². The SMILES string of the molecule is c1ccc(N(c2cccnc2)c2cc3ccc4cc(N(c5ccccc5)c5cccnc5)cc5ccc(c2)c3c45)cc1. The normalized spacial score (nSPS) is 11.3. The number of aromatic nitrogens is 2. The molecule has 0 aliphatic heterocycles. The summed E-state index contributed by atoms with van der Waals surface area (Å²) in [6.07, 6.45) is 7.46. The van der Waals surface area contributed by atoms with Crippen molar-refractivity contribution in [3.8, 4) is 0 Å². The number of nitrogens with zero attached hydrogens (tertiary/aromatic N) is 4. The van der Waals surface area contributed by atoms with Crippen LogP contribution in [0.25, 0.3) is 32.3 Å². The second kappa shape index (κ2) is 10.0. The molecule has 0 aliphatic rings. The highest BCUT2D eigenvalue weighted by Crippen LogP contribution is 2.43. The molecule has 0 amide bonds. The maximum Gasteiger partial charge on any atom is 0.0644 e. The first-order valence-electron chi connectivity index (χ1n) is 14.1. The van der Waals surface area contributed by atoms with Crippen LogP contribution in [-0.4, -0.2) is 9.97 Å². The van der Waals surface area contributed by atoms with E-state index in [1.54, 1.807) is 0 Å². The fourth-order valence-electron chi connectivity index (χ4n) is 6.08. The number of hydrogen-bond donors (Lipinski definition) is 0. The molecule has 0 saturated heterocycles. The highest BCUT2D eigenvalue weighted by molar-refractivity contribution is 6.24. The van der Waals surface area contributed by atoms with Crippen molar-refractivity contribution in [2.24, 2.45) is 0 Å². The number of pyridine rings is 2. The van der Waals surface area contributed by atoms with E-state index in [0.29, 0.717) is 0 Å². The molecule has 0 spiro atoms. The van der Waals surface area contributed by atoms with E-state index in [0.717, 1.165) is 34.1 Å². The van der Waals surface area contributed by atoms with Crippen LogP contribution in [0, 0.1) is 0 Å². The molecule has 4 heteroatoms. The van der Waals surface area contributed by atoms with Crippen molar-refractivity contribution in [2.75, 3.05) is 9.80 Å². The summed E-state index contributed by atoms with van der Waals surface area (Å²) in [4.78, 5) is 13.4. The molecular weight excluding hydrogens is 512 g/mol. The molecule has 4 nitrogen and oxygen atoms in total. The van der Waals surface area contributed by atoms with E-state index in [2.05, 4.69) is 129 Å². The Kier molecular flexibility index (Phi) is 5.75. The molecule has 0 atom stereocenters. The van der Waals surface area contributed by atoms with Gasteiger partial charge in [0.05, 0.1) is 23.8 Å². The molecule has 8 rings (SSSR count). The van der Waals surface area contributed by atoms with E-state index >= 15 is 0 Å². The van der Waals surface area contributed by atoms with E-state index < -0.39 is 0 Å². The summed E-state index contributed by atoms with van der Waals surface area (Å²) in [5.74, 6) is 0. The largest absolute Gasteiger partial charge is 0.309 e. The summed E-state index contributed by atoms with van der Waals surface area (Å²) in [5, 5.41) is 7.42. The fraction of sp³-hybridized carbons (Fsp3) is 0. The van der Waals surface area contributed by atoms with E-state index in [-0.39, 0.29) is 0 Å². The average molecular weight is 539 g/mol. The van der Waals surface area contributed by atoms with Gasteiger partial charge in [0.1, 0.15) is 0 Å². The molecule has 0 unspecified atom stereocenters. The zero-order chi connectivity index (χ0) is 27.9. The first-order valence-corrected chi connectivity index (χ1v) is 14.1. The highest BCUT2D eigenvalue weighted by Gasteiger charge is 2.18. The summed E-state index contributed by atoms with van der Waals surface area (Å²) >= 11 is 0. The lowest BCUT2D eigenvalue weighted by atomic mass is 9.93. The summed E-state index contributed by atoms with van der Waals surface area (Å²) in [5.41, 5.74) is 6.45. The van der Waals surface area contributed by atoms with Gasteiger partial charge in [-0.15, -0.1) is 0 Å². The number of benzene rings is 6. The average Bonchev–Trinajstić information content (AvgIpc) is 3.06. The van der Waals surface area contributed by atoms with E-state index in [9.17, 15) is 0 Å². The standard InChI is InChI=1S/C38H26N4/c1-3-9-31(10-4-1)41(33-13-7-19-39-25-33)35-21-27-15-17-29-23-36(24-30-18-16-28(22-35)37(27)38(29)30)42(32-11-5-2-6-12-32)34-14-8-20-40-26-34/h1-26H. The second-order valence-corrected chi connectivity index (χ2v) is 10.4. The summed E-state index contributed by atoms with van der Waals surface area (Å²) in [6.45, 7) is 0. The minimum atomic E-state index is 1.03. The smallest absolute Gasteiger partial charge is 0.0644 e. The minimum Gasteiger partial charge on any atom is -0.309 e. The Balaban J connectivity index is 1.32. The maximum atomic E-state index is 4.41. The van der Waals surface area contributed by atoms with Gasteiger partial charge in [0.25, 0.3) is 0 Å². The summed E-state index contributed by atoms with van der Waals surface area (Å²) in [7, 11) is 0. The van der Waals surface area contributed by atoms with Crippen LogP contribution in [0.15, 0.2) is 158 Å². The third-order valence-corrected chi connectivity index (χ3v) is 7.86. The predicted molar refractivity (Wildman–Crippen MR) is 175 cm³/mol. The van der Waals surface area contributed by atoms with Crippen LogP contribution in [0.1, 0.15) is 0 Å². The fourth-order valence-corrected chi connectivity index (χ4v) is 6.08. The van der Waals surface area contributed by atoms with Crippen molar-refractivity contribution >= 4 is 66.4 Å². The van der Waals surface area contributed by atoms with Gasteiger partial charge in [-0.3, -0.25) is 9.97 Å². The van der Waals surface area contributed by atoms with Crippen molar-refractivity contribution in [3.63, 3.8) is 0 Å². The monoisotopic (exact) mass is 538 g/mol. The Labute approximate surface area is 244 Å². The third kappa shape index (κ3) is 4.09. The van der Waals surface area contributed by atoms with Crippen LogP contribution in [0.2, 0.25) is 0 Å².